The number of ether oxygens (including phenoxy) is 2. The van der Waals surface area contributed by atoms with Crippen LogP contribution in [0.5, 0.6) is 11.5 Å². The lowest BCUT2D eigenvalue weighted by atomic mass is 10.1. The van der Waals surface area contributed by atoms with E-state index in [0.717, 1.165) is 27.1 Å². The van der Waals surface area contributed by atoms with E-state index in [1.807, 2.05) is 13.0 Å². The quantitative estimate of drug-likeness (QED) is 0.896. The predicted octanol–water partition coefficient (Wildman–Crippen LogP) is 2.06. The van der Waals surface area contributed by atoms with Gasteiger partial charge in [-0.25, -0.2) is 0 Å². The molecule has 1 N–H and O–H groups in total. The Morgan fingerprint density at radius 2 is 2.13 bits per heavy atom. The van der Waals surface area contributed by atoms with Crippen LogP contribution in [0.15, 0.2) is 10.5 Å². The second-order valence-corrected chi connectivity index (χ2v) is 4.27. The summed E-state index contributed by atoms with van der Waals surface area (Å²) in [5.74, 6) is 1.60. The van der Waals surface area contributed by atoms with Gasteiger partial charge in [0.2, 0.25) is 0 Å². The van der Waals surface area contributed by atoms with Gasteiger partial charge in [-0.05, 0) is 25.0 Å². The van der Waals surface area contributed by atoms with Gasteiger partial charge < -0.3 is 14.6 Å². The fourth-order valence-electron chi connectivity index (χ4n) is 1.70. The predicted molar refractivity (Wildman–Crippen MR) is 60.7 cm³/mol. The van der Waals surface area contributed by atoms with Crippen LogP contribution >= 0.6 is 15.9 Å². The lowest BCUT2D eigenvalue weighted by Gasteiger charge is -2.22. The maximum absolute atomic E-state index is 8.95. The van der Waals surface area contributed by atoms with Crippen LogP contribution in [0.2, 0.25) is 0 Å². The summed E-state index contributed by atoms with van der Waals surface area (Å²) >= 11 is 3.51. The van der Waals surface area contributed by atoms with Gasteiger partial charge in [0.05, 0.1) is 0 Å². The van der Waals surface area contributed by atoms with Crippen molar-refractivity contribution in [2.45, 2.75) is 13.3 Å². The van der Waals surface area contributed by atoms with Crippen LogP contribution in [0.25, 0.3) is 0 Å². The summed E-state index contributed by atoms with van der Waals surface area (Å²) in [6.45, 7) is 3.31. The molecule has 3 nitrogen and oxygen atoms in total. The normalized spacial score (nSPS) is 14.1. The van der Waals surface area contributed by atoms with Gasteiger partial charge in [-0.2, -0.15) is 0 Å². The van der Waals surface area contributed by atoms with E-state index in [4.69, 9.17) is 14.6 Å². The monoisotopic (exact) mass is 272 g/mol. The fourth-order valence-corrected chi connectivity index (χ4v) is 2.19. The van der Waals surface area contributed by atoms with Crippen LogP contribution in [0.1, 0.15) is 11.1 Å². The Kier molecular flexibility index (Phi) is 3.17. The average Bonchev–Trinajstić information content (AvgIpc) is 2.26. The van der Waals surface area contributed by atoms with Crippen LogP contribution in [-0.4, -0.2) is 24.9 Å². The maximum atomic E-state index is 8.95. The van der Waals surface area contributed by atoms with Gasteiger partial charge in [0.25, 0.3) is 0 Å². The first-order chi connectivity index (χ1) is 7.24. The van der Waals surface area contributed by atoms with Gasteiger partial charge in [0.15, 0.2) is 11.5 Å². The zero-order valence-electron chi connectivity index (χ0n) is 8.55. The summed E-state index contributed by atoms with van der Waals surface area (Å²) in [6, 6.07) is 1.93. The fraction of sp³-hybridized carbons (Fsp3) is 0.455. The summed E-state index contributed by atoms with van der Waals surface area (Å²) in [5, 5.41) is 8.95. The van der Waals surface area contributed by atoms with Gasteiger partial charge >= 0.3 is 0 Å². The molecule has 0 saturated heterocycles. The molecule has 0 unspecified atom stereocenters. The molecular formula is C11H13BrO3. The highest BCUT2D eigenvalue weighted by molar-refractivity contribution is 9.10. The zero-order chi connectivity index (χ0) is 10.8. The minimum atomic E-state index is 0.137. The number of benzene rings is 1. The summed E-state index contributed by atoms with van der Waals surface area (Å²) in [5.41, 5.74) is 2.09. The van der Waals surface area contributed by atoms with E-state index in [1.165, 1.54) is 0 Å². The number of fused-ring (bicyclic) bond motifs is 1. The molecule has 0 amide bonds. The van der Waals surface area contributed by atoms with Crippen LogP contribution in [-0.2, 0) is 6.42 Å². The highest BCUT2D eigenvalue weighted by Crippen LogP contribution is 2.40. The lowest BCUT2D eigenvalue weighted by Crippen LogP contribution is -2.16. The Morgan fingerprint density at radius 1 is 1.40 bits per heavy atom. The molecule has 1 aliphatic rings. The van der Waals surface area contributed by atoms with Crippen LogP contribution in [0, 0.1) is 6.92 Å². The SMILES string of the molecule is Cc1c(Br)c(CCO)cc2c1OCCO2. The molecule has 0 spiro atoms. The Balaban J connectivity index is 2.47. The third-order valence-corrected chi connectivity index (χ3v) is 3.55. The van der Waals surface area contributed by atoms with Crippen molar-refractivity contribution in [1.82, 2.24) is 0 Å². The molecule has 0 aliphatic carbocycles. The van der Waals surface area contributed by atoms with Gasteiger partial charge in [0.1, 0.15) is 13.2 Å². The molecule has 0 radical (unpaired) electrons. The average molecular weight is 273 g/mol. The van der Waals surface area contributed by atoms with E-state index in [0.29, 0.717) is 19.6 Å². The number of hydrogen-bond acceptors (Lipinski definition) is 3. The Morgan fingerprint density at radius 3 is 2.87 bits per heavy atom. The summed E-state index contributed by atoms with van der Waals surface area (Å²) in [6.07, 6.45) is 0.623. The molecule has 0 bridgehead atoms. The molecule has 0 fully saturated rings. The molecule has 1 heterocycles. The van der Waals surface area contributed by atoms with Gasteiger partial charge in [0, 0.05) is 16.6 Å². The molecule has 82 valence electrons. The molecule has 1 aliphatic heterocycles. The zero-order valence-corrected chi connectivity index (χ0v) is 10.1. The van der Waals surface area contributed by atoms with Crippen LogP contribution in [0.4, 0.5) is 0 Å². The first-order valence-corrected chi connectivity index (χ1v) is 5.71. The summed E-state index contributed by atoms with van der Waals surface area (Å²) < 4.78 is 12.1. The van der Waals surface area contributed by atoms with Gasteiger partial charge in [-0.3, -0.25) is 0 Å². The van der Waals surface area contributed by atoms with Crippen LogP contribution in [0.3, 0.4) is 0 Å². The molecule has 1 aromatic carbocycles. The number of aliphatic hydroxyl groups is 1. The third kappa shape index (κ3) is 1.96. The van der Waals surface area contributed by atoms with Crippen molar-refractivity contribution in [3.8, 4) is 11.5 Å². The minimum Gasteiger partial charge on any atom is -0.486 e. The van der Waals surface area contributed by atoms with E-state index in [9.17, 15) is 0 Å². The second-order valence-electron chi connectivity index (χ2n) is 3.47. The number of aliphatic hydroxyl groups excluding tert-OH is 1. The molecule has 4 heteroatoms. The first kappa shape index (κ1) is 10.8. The van der Waals surface area contributed by atoms with Gasteiger partial charge in [-0.15, -0.1) is 0 Å². The topological polar surface area (TPSA) is 38.7 Å². The Labute approximate surface area is 97.1 Å². The van der Waals surface area contributed by atoms with E-state index < -0.39 is 0 Å². The van der Waals surface area contributed by atoms with E-state index in [2.05, 4.69) is 15.9 Å². The molecule has 0 aromatic heterocycles. The number of hydrogen-bond donors (Lipinski definition) is 1. The van der Waals surface area contributed by atoms with Gasteiger partial charge in [-0.1, -0.05) is 15.9 Å². The van der Waals surface area contributed by atoms with Crippen LogP contribution < -0.4 is 9.47 Å². The highest BCUT2D eigenvalue weighted by Gasteiger charge is 2.18. The van der Waals surface area contributed by atoms with Crippen molar-refractivity contribution in [1.29, 1.82) is 0 Å². The molecular weight excluding hydrogens is 260 g/mol. The maximum Gasteiger partial charge on any atom is 0.165 e. The highest BCUT2D eigenvalue weighted by atomic mass is 79.9. The van der Waals surface area contributed by atoms with Crippen molar-refractivity contribution < 1.29 is 14.6 Å². The van der Waals surface area contributed by atoms with Crippen molar-refractivity contribution in [2.24, 2.45) is 0 Å². The van der Waals surface area contributed by atoms with E-state index >= 15 is 0 Å². The lowest BCUT2D eigenvalue weighted by molar-refractivity contribution is 0.170. The van der Waals surface area contributed by atoms with Crippen molar-refractivity contribution in [2.75, 3.05) is 19.8 Å². The second kappa shape index (κ2) is 4.41. The Bertz CT molecular complexity index is 377. The molecule has 0 atom stereocenters. The summed E-state index contributed by atoms with van der Waals surface area (Å²) in [4.78, 5) is 0. The minimum absolute atomic E-state index is 0.137. The molecule has 2 rings (SSSR count). The number of rotatable bonds is 2. The third-order valence-electron chi connectivity index (χ3n) is 2.45. The largest absolute Gasteiger partial charge is 0.486 e. The summed E-state index contributed by atoms with van der Waals surface area (Å²) in [7, 11) is 0. The van der Waals surface area contributed by atoms with Crippen molar-refractivity contribution >= 4 is 15.9 Å². The van der Waals surface area contributed by atoms with E-state index in [-0.39, 0.29) is 6.61 Å². The molecule has 15 heavy (non-hydrogen) atoms. The van der Waals surface area contributed by atoms with Crippen molar-refractivity contribution in [3.05, 3.63) is 21.7 Å². The first-order valence-electron chi connectivity index (χ1n) is 4.92. The standard InChI is InChI=1S/C11H13BrO3/c1-7-10(12)8(2-3-13)6-9-11(7)15-5-4-14-9/h6,13H,2-5H2,1H3. The van der Waals surface area contributed by atoms with E-state index in [1.54, 1.807) is 0 Å². The van der Waals surface area contributed by atoms with Crippen molar-refractivity contribution in [3.63, 3.8) is 0 Å². The number of halogens is 1. The molecule has 1 aromatic rings. The Hall–Kier alpha value is -0.740. The molecule has 0 saturated carbocycles. The smallest absolute Gasteiger partial charge is 0.165 e.